The fourth-order valence-electron chi connectivity index (χ4n) is 3.20. The van der Waals surface area contributed by atoms with E-state index in [4.69, 9.17) is 9.84 Å². The maximum Gasteiger partial charge on any atom is 0.403 e. The number of hydrogen-bond donors (Lipinski definition) is 2. The minimum absolute atomic E-state index is 0.0127. The van der Waals surface area contributed by atoms with Gasteiger partial charge in [-0.15, -0.1) is 0 Å². The third kappa shape index (κ3) is 3.13. The second-order valence-corrected chi connectivity index (χ2v) is 6.46. The highest BCUT2D eigenvalue weighted by molar-refractivity contribution is 5.88. The van der Waals surface area contributed by atoms with Crippen molar-refractivity contribution in [2.45, 2.75) is 44.4 Å². The molecule has 1 saturated carbocycles. The molecule has 1 aliphatic carbocycles. The molecule has 11 heteroatoms. The number of carboxylic acids is 1. The number of fused-ring (bicyclic) bond motifs is 1. The first-order valence-electron chi connectivity index (χ1n) is 7.96. The van der Waals surface area contributed by atoms with Gasteiger partial charge in [0.2, 0.25) is 11.8 Å². The molecule has 1 unspecified atom stereocenters. The van der Waals surface area contributed by atoms with E-state index in [9.17, 15) is 27.6 Å². The van der Waals surface area contributed by atoms with E-state index in [1.54, 1.807) is 0 Å². The number of alkyl halides is 3. The number of carbonyl (C=O) groups excluding carboxylic acids is 2. The lowest BCUT2D eigenvalue weighted by molar-refractivity contribution is -0.229. The molecule has 1 atom stereocenters. The summed E-state index contributed by atoms with van der Waals surface area (Å²) in [6.07, 6.45) is -6.52. The van der Waals surface area contributed by atoms with Crippen LogP contribution in [0, 0.1) is 5.41 Å². The Morgan fingerprint density at radius 1 is 1.35 bits per heavy atom. The van der Waals surface area contributed by atoms with Crippen LogP contribution in [0.25, 0.3) is 0 Å². The highest BCUT2D eigenvalue weighted by Gasteiger charge is 2.61. The average molecular weight is 375 g/mol. The number of carbonyl (C=O) groups is 3. The Balaban J connectivity index is 1.74. The van der Waals surface area contributed by atoms with E-state index in [1.165, 1.54) is 10.7 Å². The third-order valence-corrected chi connectivity index (χ3v) is 4.76. The summed E-state index contributed by atoms with van der Waals surface area (Å²) in [5.41, 5.74) is -2.86. The molecule has 0 bridgehead atoms. The fourth-order valence-corrected chi connectivity index (χ4v) is 3.20. The summed E-state index contributed by atoms with van der Waals surface area (Å²) in [5, 5.41) is 15.0. The number of Topliss-reactive ketones (excluding diaryl/α,β-unsaturated/α-hetero) is 1. The van der Waals surface area contributed by atoms with Gasteiger partial charge in [0.1, 0.15) is 17.8 Å². The zero-order valence-corrected chi connectivity index (χ0v) is 13.5. The number of carboxylic acid groups (broad SMARTS) is 1. The maximum absolute atomic E-state index is 13.6. The maximum atomic E-state index is 13.6. The number of halogens is 3. The van der Waals surface area contributed by atoms with Gasteiger partial charge in [-0.1, -0.05) is 0 Å². The number of rotatable bonds is 3. The van der Waals surface area contributed by atoms with Crippen LogP contribution in [0.5, 0.6) is 5.88 Å². The molecule has 26 heavy (non-hydrogen) atoms. The highest BCUT2D eigenvalue weighted by Crippen LogP contribution is 2.48. The van der Waals surface area contributed by atoms with Gasteiger partial charge in [-0.05, 0) is 12.8 Å². The van der Waals surface area contributed by atoms with E-state index in [2.05, 4.69) is 10.4 Å². The summed E-state index contributed by atoms with van der Waals surface area (Å²) in [7, 11) is 0. The Bertz CT molecular complexity index is 748. The number of aromatic nitrogens is 2. The van der Waals surface area contributed by atoms with Crippen LogP contribution in [0.3, 0.4) is 0 Å². The highest BCUT2D eigenvalue weighted by atomic mass is 19.4. The fraction of sp³-hybridized carbons (Fsp3) is 0.600. The van der Waals surface area contributed by atoms with E-state index in [0.29, 0.717) is 0 Å². The summed E-state index contributed by atoms with van der Waals surface area (Å²) in [5.74, 6) is -2.58. The minimum Gasteiger partial charge on any atom is -0.476 e. The average Bonchev–Trinajstić information content (AvgIpc) is 2.98. The lowest BCUT2D eigenvalue weighted by Gasteiger charge is -2.38. The van der Waals surface area contributed by atoms with Crippen molar-refractivity contribution >= 4 is 17.7 Å². The molecular weight excluding hydrogens is 359 g/mol. The second-order valence-electron chi connectivity index (χ2n) is 6.46. The lowest BCUT2D eigenvalue weighted by atomic mass is 9.72. The number of nitrogens with zero attached hydrogens (tertiary/aromatic N) is 2. The first-order chi connectivity index (χ1) is 12.1. The van der Waals surface area contributed by atoms with Crippen LogP contribution in [-0.4, -0.2) is 51.4 Å². The van der Waals surface area contributed by atoms with Crippen LogP contribution >= 0.6 is 0 Å². The molecule has 142 valence electrons. The zero-order valence-electron chi connectivity index (χ0n) is 13.5. The Labute approximate surface area is 145 Å². The molecule has 0 radical (unpaired) electrons. The van der Waals surface area contributed by atoms with E-state index >= 15 is 0 Å². The Kier molecular flexibility index (Phi) is 4.41. The number of hydrogen-bond acceptors (Lipinski definition) is 5. The van der Waals surface area contributed by atoms with Gasteiger partial charge < -0.3 is 15.2 Å². The summed E-state index contributed by atoms with van der Waals surface area (Å²) < 4.78 is 47.2. The van der Waals surface area contributed by atoms with Crippen molar-refractivity contribution < 1.29 is 37.4 Å². The number of amides is 1. The lowest BCUT2D eigenvalue weighted by Crippen LogP contribution is -2.57. The molecule has 0 spiro atoms. The topological polar surface area (TPSA) is 111 Å². The molecule has 1 aliphatic heterocycles. The second kappa shape index (κ2) is 6.29. The minimum atomic E-state index is -4.78. The molecular formula is C15H16F3N3O5. The molecule has 1 aromatic heterocycles. The number of aromatic carboxylic acids is 1. The monoisotopic (exact) mass is 375 g/mol. The molecule has 2 aliphatic rings. The standard InChI is InChI=1S/C15H16F3N3O5/c16-15(17,18)14(3-1-9(22)2-4-14)13(25)19-8-6-21-11(26-7-8)5-10(20-21)12(23)24/h5,8H,1-4,6-7H2,(H,19,25)(H,23,24). The van der Waals surface area contributed by atoms with Crippen molar-refractivity contribution in [3.63, 3.8) is 0 Å². The van der Waals surface area contributed by atoms with Gasteiger partial charge in [-0.25, -0.2) is 9.48 Å². The molecule has 1 fully saturated rings. The normalized spacial score (nSPS) is 22.3. The van der Waals surface area contributed by atoms with Gasteiger partial charge in [0.25, 0.3) is 0 Å². The van der Waals surface area contributed by atoms with Crippen molar-refractivity contribution in [3.05, 3.63) is 11.8 Å². The van der Waals surface area contributed by atoms with Crippen LogP contribution in [-0.2, 0) is 16.1 Å². The van der Waals surface area contributed by atoms with Gasteiger partial charge in [0.15, 0.2) is 5.69 Å². The Morgan fingerprint density at radius 3 is 2.58 bits per heavy atom. The largest absolute Gasteiger partial charge is 0.476 e. The molecule has 1 aromatic rings. The molecule has 0 aromatic carbocycles. The van der Waals surface area contributed by atoms with Crippen molar-refractivity contribution in [2.75, 3.05) is 6.61 Å². The van der Waals surface area contributed by atoms with E-state index < -0.39 is 42.4 Å². The van der Waals surface area contributed by atoms with Crippen molar-refractivity contribution in [2.24, 2.45) is 5.41 Å². The molecule has 8 nitrogen and oxygen atoms in total. The first-order valence-corrected chi connectivity index (χ1v) is 7.96. The number of ether oxygens (including phenoxy) is 1. The number of nitrogens with one attached hydrogen (secondary N) is 1. The van der Waals surface area contributed by atoms with E-state index in [1.807, 2.05) is 0 Å². The Hall–Kier alpha value is -2.59. The molecule has 1 amide bonds. The van der Waals surface area contributed by atoms with Crippen LogP contribution < -0.4 is 10.1 Å². The predicted molar refractivity (Wildman–Crippen MR) is 78.6 cm³/mol. The zero-order chi connectivity index (χ0) is 19.1. The quantitative estimate of drug-likeness (QED) is 0.820. The SMILES string of the molecule is O=C1CCC(C(=O)NC2COc3cc(C(=O)O)nn3C2)(C(F)(F)F)CC1. The summed E-state index contributed by atoms with van der Waals surface area (Å²) >= 11 is 0. The van der Waals surface area contributed by atoms with Crippen LogP contribution in [0.15, 0.2) is 6.07 Å². The Morgan fingerprint density at radius 2 is 2.00 bits per heavy atom. The van der Waals surface area contributed by atoms with Gasteiger partial charge in [-0.2, -0.15) is 18.3 Å². The van der Waals surface area contributed by atoms with Crippen LogP contribution in [0.4, 0.5) is 13.2 Å². The van der Waals surface area contributed by atoms with Crippen molar-refractivity contribution in [1.82, 2.24) is 15.1 Å². The molecule has 0 saturated heterocycles. The summed E-state index contributed by atoms with van der Waals surface area (Å²) in [6.45, 7) is -0.120. The van der Waals surface area contributed by atoms with E-state index in [0.717, 1.165) is 0 Å². The number of ketones is 1. The van der Waals surface area contributed by atoms with Gasteiger partial charge in [0.05, 0.1) is 12.6 Å². The van der Waals surface area contributed by atoms with Gasteiger partial charge in [-0.3, -0.25) is 9.59 Å². The molecule has 3 rings (SSSR count). The van der Waals surface area contributed by atoms with E-state index in [-0.39, 0.29) is 43.4 Å². The smallest absolute Gasteiger partial charge is 0.403 e. The van der Waals surface area contributed by atoms with Crippen molar-refractivity contribution in [1.29, 1.82) is 0 Å². The molecule has 2 heterocycles. The molecule has 2 N–H and O–H groups in total. The van der Waals surface area contributed by atoms with Crippen molar-refractivity contribution in [3.8, 4) is 5.88 Å². The van der Waals surface area contributed by atoms with Crippen LogP contribution in [0.2, 0.25) is 0 Å². The first kappa shape index (κ1) is 18.2. The summed E-state index contributed by atoms with van der Waals surface area (Å²) in [4.78, 5) is 34.7. The van der Waals surface area contributed by atoms with Crippen LogP contribution in [0.1, 0.15) is 36.2 Å². The van der Waals surface area contributed by atoms with Gasteiger partial charge >= 0.3 is 12.1 Å². The summed E-state index contributed by atoms with van der Waals surface area (Å²) in [6, 6.07) is 0.401. The van der Waals surface area contributed by atoms with Gasteiger partial charge in [0, 0.05) is 18.9 Å². The predicted octanol–water partition coefficient (Wildman–Crippen LogP) is 1.15. The third-order valence-electron chi connectivity index (χ3n) is 4.76.